The molecule has 8 N–H and O–H groups in total. The van der Waals surface area contributed by atoms with Gasteiger partial charge in [-0.1, -0.05) is 12.1 Å². The molecule has 2 aliphatic rings. The minimum atomic E-state index is -1.26. The molecular weight excluding hydrogens is 909 g/mol. The summed E-state index contributed by atoms with van der Waals surface area (Å²) in [4.78, 5) is 85.1. The van der Waals surface area contributed by atoms with Crippen molar-refractivity contribution >= 4 is 58.1 Å². The number of piperidine rings is 2. The van der Waals surface area contributed by atoms with E-state index in [4.69, 9.17) is 40.6 Å². The van der Waals surface area contributed by atoms with E-state index in [9.17, 15) is 28.8 Å². The van der Waals surface area contributed by atoms with Crippen LogP contribution in [0.25, 0.3) is 22.3 Å². The van der Waals surface area contributed by atoms with Crippen LogP contribution >= 0.6 is 0 Å². The molecule has 0 unspecified atom stereocenters. The molecule has 368 valence electrons. The molecular formula is C48H54N10O12. The van der Waals surface area contributed by atoms with E-state index < -0.39 is 35.8 Å². The van der Waals surface area contributed by atoms with E-state index in [0.29, 0.717) is 48.3 Å². The molecule has 0 bridgehead atoms. The molecule has 0 radical (unpaired) electrons. The topological polar surface area (TPSA) is 335 Å². The number of fused-ring (bicyclic) bond motifs is 2. The first-order valence-electron chi connectivity index (χ1n) is 21.9. The molecule has 2 fully saturated rings. The molecule has 8 heterocycles. The van der Waals surface area contributed by atoms with Crippen LogP contribution in [0.3, 0.4) is 0 Å². The SMILES string of the molecule is O=C(O)C=CC(=O)O.O=C(O)C=CC(=O)O.O=C(O)C=CC(=O)O.c1ccc(Cn2c(CC3CCNCC3)nc3cccnc32)nc1.c1ccc(Cn2c(CC3CCNCC3)nc3cccnc32)nc1. The molecule has 6 aromatic rings. The highest BCUT2D eigenvalue weighted by Crippen LogP contribution is 2.23. The van der Waals surface area contributed by atoms with Crippen molar-refractivity contribution in [2.24, 2.45) is 11.8 Å². The lowest BCUT2D eigenvalue weighted by Crippen LogP contribution is -2.29. The van der Waals surface area contributed by atoms with Gasteiger partial charge in [0.15, 0.2) is 11.3 Å². The van der Waals surface area contributed by atoms with Crippen LogP contribution in [0.4, 0.5) is 0 Å². The molecule has 22 heteroatoms. The Hall–Kier alpha value is -8.50. The fourth-order valence-electron chi connectivity index (χ4n) is 7.08. The number of hydrogen-bond acceptors (Lipinski definition) is 14. The second kappa shape index (κ2) is 29.3. The Bertz CT molecular complexity index is 2460. The molecule has 22 nitrogen and oxygen atoms in total. The van der Waals surface area contributed by atoms with E-state index in [1.54, 1.807) is 0 Å². The van der Waals surface area contributed by atoms with Crippen LogP contribution < -0.4 is 10.6 Å². The van der Waals surface area contributed by atoms with Crippen LogP contribution in [0.1, 0.15) is 48.7 Å². The van der Waals surface area contributed by atoms with Crippen LogP contribution in [-0.4, -0.2) is 132 Å². The lowest BCUT2D eigenvalue weighted by molar-refractivity contribution is -0.134. The third kappa shape index (κ3) is 20.2. The zero-order valence-corrected chi connectivity index (χ0v) is 37.9. The van der Waals surface area contributed by atoms with Crippen molar-refractivity contribution in [2.45, 2.75) is 51.6 Å². The highest BCUT2D eigenvalue weighted by Gasteiger charge is 2.21. The molecule has 0 saturated carbocycles. The van der Waals surface area contributed by atoms with Crippen LogP contribution in [0.15, 0.2) is 122 Å². The van der Waals surface area contributed by atoms with Gasteiger partial charge >= 0.3 is 35.8 Å². The van der Waals surface area contributed by atoms with Gasteiger partial charge in [-0.3, -0.25) is 9.97 Å². The van der Waals surface area contributed by atoms with Gasteiger partial charge in [0.1, 0.15) is 22.7 Å². The molecule has 2 saturated heterocycles. The van der Waals surface area contributed by atoms with Gasteiger partial charge in [0.2, 0.25) is 0 Å². The van der Waals surface area contributed by atoms with E-state index in [-0.39, 0.29) is 0 Å². The summed E-state index contributed by atoms with van der Waals surface area (Å²) in [5.74, 6) is -3.86. The van der Waals surface area contributed by atoms with Crippen molar-refractivity contribution in [3.8, 4) is 0 Å². The first-order chi connectivity index (χ1) is 33.7. The maximum atomic E-state index is 9.55. The summed E-state index contributed by atoms with van der Waals surface area (Å²) in [6.45, 7) is 5.92. The number of carbonyl (C=O) groups is 6. The number of hydrogen-bond donors (Lipinski definition) is 8. The van der Waals surface area contributed by atoms with Gasteiger partial charge in [-0.15, -0.1) is 0 Å². The summed E-state index contributed by atoms with van der Waals surface area (Å²) in [5.41, 5.74) is 5.97. The standard InChI is InChI=1S/2C18H21N5.3C4H4O4/c2*1-2-8-20-15(4-1)13-23-17(12-14-6-10-19-11-7-14)22-16-5-3-9-21-18(16)23;3*5-3(6)1-2-4(7)8/h2*1-5,8-9,14,19H,6-7,10-13H2;3*1-2H,(H,5,6)(H,7,8). The van der Waals surface area contributed by atoms with Crippen molar-refractivity contribution in [1.82, 2.24) is 49.7 Å². The van der Waals surface area contributed by atoms with Crippen molar-refractivity contribution in [3.63, 3.8) is 0 Å². The van der Waals surface area contributed by atoms with E-state index in [1.807, 2.05) is 73.3 Å². The van der Waals surface area contributed by atoms with Crippen LogP contribution in [0, 0.1) is 11.8 Å². The second-order valence-electron chi connectivity index (χ2n) is 15.4. The molecule has 6 aromatic heterocycles. The molecule has 2 aliphatic heterocycles. The van der Waals surface area contributed by atoms with Crippen molar-refractivity contribution in [1.29, 1.82) is 0 Å². The predicted octanol–water partition coefficient (Wildman–Crippen LogP) is 3.97. The molecule has 0 aliphatic carbocycles. The Morgan fingerprint density at radius 3 is 1.06 bits per heavy atom. The lowest BCUT2D eigenvalue weighted by Gasteiger charge is -2.22. The van der Waals surface area contributed by atoms with Gasteiger partial charge in [0, 0.05) is 74.1 Å². The number of carboxylic acids is 6. The summed E-state index contributed by atoms with van der Waals surface area (Å²) in [7, 11) is 0. The van der Waals surface area contributed by atoms with E-state index in [2.05, 4.69) is 51.8 Å². The van der Waals surface area contributed by atoms with Gasteiger partial charge in [0.25, 0.3) is 0 Å². The summed E-state index contributed by atoms with van der Waals surface area (Å²) in [6, 6.07) is 20.1. The van der Waals surface area contributed by atoms with Crippen LogP contribution in [0.5, 0.6) is 0 Å². The van der Waals surface area contributed by atoms with Gasteiger partial charge in [-0.25, -0.2) is 48.7 Å². The summed E-state index contributed by atoms with van der Waals surface area (Å²) in [5, 5.41) is 53.7. The number of aliphatic carboxylic acids is 6. The minimum Gasteiger partial charge on any atom is -0.478 e. The number of aromatic nitrogens is 8. The Morgan fingerprint density at radius 1 is 0.457 bits per heavy atom. The first kappa shape index (κ1) is 54.1. The predicted molar refractivity (Wildman–Crippen MR) is 254 cm³/mol. The number of carboxylic acid groups (broad SMARTS) is 6. The highest BCUT2D eigenvalue weighted by atomic mass is 16.4. The van der Waals surface area contributed by atoms with Gasteiger partial charge in [-0.05, 0) is 112 Å². The summed E-state index contributed by atoms with van der Waals surface area (Å²) in [6.07, 6.45) is 17.6. The fraction of sp³-hybridized carbons (Fsp3) is 0.292. The van der Waals surface area contributed by atoms with Gasteiger partial charge in [-0.2, -0.15) is 0 Å². The van der Waals surface area contributed by atoms with Crippen molar-refractivity contribution < 1.29 is 59.4 Å². The lowest BCUT2D eigenvalue weighted by atomic mass is 9.94. The normalized spacial score (nSPS) is 13.8. The Labute approximate surface area is 400 Å². The molecule has 0 amide bonds. The number of nitrogens with zero attached hydrogens (tertiary/aromatic N) is 8. The fourth-order valence-corrected chi connectivity index (χ4v) is 7.08. The number of pyridine rings is 4. The average Bonchev–Trinajstić information content (AvgIpc) is 3.87. The Kier molecular flexibility index (Phi) is 22.6. The molecule has 0 aromatic carbocycles. The zero-order valence-electron chi connectivity index (χ0n) is 37.9. The third-order valence-corrected chi connectivity index (χ3v) is 10.2. The van der Waals surface area contributed by atoms with Crippen LogP contribution in [-0.2, 0) is 54.7 Å². The van der Waals surface area contributed by atoms with E-state index >= 15 is 0 Å². The zero-order chi connectivity index (χ0) is 50.7. The Balaban J connectivity index is 0.000000211. The highest BCUT2D eigenvalue weighted by molar-refractivity contribution is 5.90. The number of rotatable bonds is 14. The first-order valence-corrected chi connectivity index (χ1v) is 21.9. The second-order valence-corrected chi connectivity index (χ2v) is 15.4. The molecule has 0 atom stereocenters. The van der Waals surface area contributed by atoms with Crippen molar-refractivity contribution in [2.75, 3.05) is 26.2 Å². The smallest absolute Gasteiger partial charge is 0.328 e. The van der Waals surface area contributed by atoms with Crippen LogP contribution in [0.2, 0.25) is 0 Å². The summed E-state index contributed by atoms with van der Waals surface area (Å²) >= 11 is 0. The summed E-state index contributed by atoms with van der Waals surface area (Å²) < 4.78 is 4.47. The average molecular weight is 963 g/mol. The maximum Gasteiger partial charge on any atom is 0.328 e. The van der Waals surface area contributed by atoms with Gasteiger partial charge in [0.05, 0.1) is 24.5 Å². The largest absolute Gasteiger partial charge is 0.478 e. The van der Waals surface area contributed by atoms with Crippen molar-refractivity contribution in [3.05, 3.63) is 145 Å². The quantitative estimate of drug-likeness (QED) is 0.0716. The Morgan fingerprint density at radius 2 is 0.771 bits per heavy atom. The van der Waals surface area contributed by atoms with E-state index in [0.717, 1.165) is 97.5 Å². The molecule has 8 rings (SSSR count). The maximum absolute atomic E-state index is 9.55. The number of nitrogens with one attached hydrogen (secondary N) is 2. The van der Waals surface area contributed by atoms with E-state index in [1.165, 1.54) is 25.7 Å². The molecule has 70 heavy (non-hydrogen) atoms. The number of imidazole rings is 2. The minimum absolute atomic E-state index is 0.558. The monoisotopic (exact) mass is 962 g/mol. The van der Waals surface area contributed by atoms with Gasteiger partial charge < -0.3 is 50.4 Å². The third-order valence-electron chi connectivity index (χ3n) is 10.2. The molecule has 0 spiro atoms.